The predicted octanol–water partition coefficient (Wildman–Crippen LogP) is 3.59. The highest BCUT2D eigenvalue weighted by atomic mass is 16.5. The maximum absolute atomic E-state index is 13.1. The SMILES string of the molecule is COc1cc2oc(C(=O)c3cc(OC)c(OC)c(OC)c3)c(C)c2cc1N. The zero-order valence-electron chi connectivity index (χ0n) is 15.8. The molecule has 27 heavy (non-hydrogen) atoms. The minimum Gasteiger partial charge on any atom is -0.494 e. The summed E-state index contributed by atoms with van der Waals surface area (Å²) in [5.41, 5.74) is 8.01. The number of benzene rings is 2. The Balaban J connectivity index is 2.15. The summed E-state index contributed by atoms with van der Waals surface area (Å²) in [6.07, 6.45) is 0. The van der Waals surface area contributed by atoms with Crippen LogP contribution in [-0.2, 0) is 0 Å². The molecule has 0 saturated carbocycles. The summed E-state index contributed by atoms with van der Waals surface area (Å²) < 4.78 is 27.0. The number of fused-ring (bicyclic) bond motifs is 1. The number of carbonyl (C=O) groups excluding carboxylic acids is 1. The second kappa shape index (κ2) is 7.11. The molecule has 0 unspecified atom stereocenters. The summed E-state index contributed by atoms with van der Waals surface area (Å²) in [5.74, 6) is 1.59. The van der Waals surface area contributed by atoms with E-state index in [9.17, 15) is 4.79 Å². The van der Waals surface area contributed by atoms with Gasteiger partial charge in [-0.25, -0.2) is 0 Å². The molecule has 0 atom stereocenters. The number of nitrogens with two attached hydrogens (primary N) is 1. The molecule has 0 aliphatic rings. The van der Waals surface area contributed by atoms with E-state index in [0.717, 1.165) is 5.39 Å². The molecule has 1 heterocycles. The zero-order chi connectivity index (χ0) is 19.7. The van der Waals surface area contributed by atoms with Crippen LogP contribution in [0.1, 0.15) is 21.7 Å². The third kappa shape index (κ3) is 3.01. The number of furan rings is 1. The van der Waals surface area contributed by atoms with Crippen LogP contribution in [0.2, 0.25) is 0 Å². The summed E-state index contributed by atoms with van der Waals surface area (Å²) in [4.78, 5) is 13.1. The fourth-order valence-corrected chi connectivity index (χ4v) is 3.00. The summed E-state index contributed by atoms with van der Waals surface area (Å²) in [7, 11) is 6.01. The summed E-state index contributed by atoms with van der Waals surface area (Å²) >= 11 is 0. The Bertz CT molecular complexity index is 996. The van der Waals surface area contributed by atoms with Crippen molar-refractivity contribution >= 4 is 22.4 Å². The van der Waals surface area contributed by atoms with Crippen molar-refractivity contribution in [2.24, 2.45) is 0 Å². The molecule has 0 fully saturated rings. The summed E-state index contributed by atoms with van der Waals surface area (Å²) in [6.45, 7) is 1.81. The number of carbonyl (C=O) groups is 1. The maximum Gasteiger partial charge on any atom is 0.228 e. The second-order valence-electron chi connectivity index (χ2n) is 5.89. The largest absolute Gasteiger partial charge is 0.494 e. The average molecular weight is 371 g/mol. The Morgan fingerprint density at radius 1 is 0.889 bits per heavy atom. The number of ketones is 1. The molecule has 0 amide bonds. The van der Waals surface area contributed by atoms with Gasteiger partial charge in [-0.1, -0.05) is 0 Å². The van der Waals surface area contributed by atoms with E-state index in [2.05, 4.69) is 0 Å². The van der Waals surface area contributed by atoms with Gasteiger partial charge in [0.25, 0.3) is 0 Å². The lowest BCUT2D eigenvalue weighted by Crippen LogP contribution is -2.04. The molecule has 3 rings (SSSR count). The molecule has 7 heteroatoms. The lowest BCUT2D eigenvalue weighted by atomic mass is 10.0. The highest BCUT2D eigenvalue weighted by Crippen LogP contribution is 2.40. The number of hydrogen-bond acceptors (Lipinski definition) is 7. The van der Waals surface area contributed by atoms with Gasteiger partial charge in [0.1, 0.15) is 11.3 Å². The van der Waals surface area contributed by atoms with Gasteiger partial charge in [0, 0.05) is 22.6 Å². The van der Waals surface area contributed by atoms with Gasteiger partial charge in [-0.15, -0.1) is 0 Å². The highest BCUT2D eigenvalue weighted by Gasteiger charge is 2.23. The van der Waals surface area contributed by atoms with E-state index in [1.165, 1.54) is 28.4 Å². The van der Waals surface area contributed by atoms with Crippen LogP contribution < -0.4 is 24.7 Å². The Kier molecular flexibility index (Phi) is 4.85. The number of anilines is 1. The van der Waals surface area contributed by atoms with Crippen LogP contribution in [0.4, 0.5) is 5.69 Å². The third-order valence-corrected chi connectivity index (χ3v) is 4.42. The molecular formula is C20H21NO6. The van der Waals surface area contributed by atoms with Gasteiger partial charge in [-0.3, -0.25) is 4.79 Å². The molecule has 0 aliphatic carbocycles. The molecule has 0 aliphatic heterocycles. The van der Waals surface area contributed by atoms with Gasteiger partial charge in [-0.2, -0.15) is 0 Å². The Hall–Kier alpha value is -3.35. The van der Waals surface area contributed by atoms with Gasteiger partial charge in [0.15, 0.2) is 17.3 Å². The van der Waals surface area contributed by atoms with E-state index in [4.69, 9.17) is 29.1 Å². The molecular weight excluding hydrogens is 350 g/mol. The van der Waals surface area contributed by atoms with Gasteiger partial charge in [0.05, 0.1) is 34.1 Å². The van der Waals surface area contributed by atoms with E-state index in [0.29, 0.717) is 45.4 Å². The van der Waals surface area contributed by atoms with Gasteiger partial charge < -0.3 is 29.1 Å². The monoisotopic (exact) mass is 371 g/mol. The van der Waals surface area contributed by atoms with Crippen molar-refractivity contribution in [3.63, 3.8) is 0 Å². The molecule has 0 spiro atoms. The van der Waals surface area contributed by atoms with Crippen LogP contribution in [-0.4, -0.2) is 34.2 Å². The quantitative estimate of drug-likeness (QED) is 0.523. The van der Waals surface area contributed by atoms with Crippen LogP contribution in [0, 0.1) is 6.92 Å². The molecule has 2 N–H and O–H groups in total. The summed E-state index contributed by atoms with van der Waals surface area (Å²) in [6, 6.07) is 6.58. The smallest absolute Gasteiger partial charge is 0.228 e. The first-order valence-corrected chi connectivity index (χ1v) is 8.16. The van der Waals surface area contributed by atoms with E-state index in [1.807, 2.05) is 6.92 Å². The number of aryl methyl sites for hydroxylation is 1. The number of ether oxygens (including phenoxy) is 4. The zero-order valence-corrected chi connectivity index (χ0v) is 15.8. The number of methoxy groups -OCH3 is 4. The van der Waals surface area contributed by atoms with Gasteiger partial charge in [0.2, 0.25) is 11.5 Å². The fourth-order valence-electron chi connectivity index (χ4n) is 3.00. The number of nitrogen functional groups attached to an aromatic ring is 1. The highest BCUT2D eigenvalue weighted by molar-refractivity contribution is 6.11. The topological polar surface area (TPSA) is 93.2 Å². The first kappa shape index (κ1) is 18.4. The van der Waals surface area contributed by atoms with Crippen LogP contribution in [0.25, 0.3) is 11.0 Å². The molecule has 7 nitrogen and oxygen atoms in total. The number of hydrogen-bond donors (Lipinski definition) is 1. The van der Waals surface area contributed by atoms with Crippen LogP contribution in [0.15, 0.2) is 28.7 Å². The van der Waals surface area contributed by atoms with E-state index >= 15 is 0 Å². The van der Waals surface area contributed by atoms with Crippen molar-refractivity contribution in [3.8, 4) is 23.0 Å². The molecule has 0 bridgehead atoms. The maximum atomic E-state index is 13.1. The lowest BCUT2D eigenvalue weighted by molar-refractivity contribution is 0.101. The second-order valence-corrected chi connectivity index (χ2v) is 5.89. The average Bonchev–Trinajstić information content (AvgIpc) is 3.01. The molecule has 2 aromatic carbocycles. The van der Waals surface area contributed by atoms with Crippen molar-refractivity contribution in [2.75, 3.05) is 34.2 Å². The van der Waals surface area contributed by atoms with Crippen LogP contribution >= 0.6 is 0 Å². The molecule has 3 aromatic rings. The molecule has 0 radical (unpaired) electrons. The van der Waals surface area contributed by atoms with Crippen LogP contribution in [0.3, 0.4) is 0 Å². The fraction of sp³-hybridized carbons (Fsp3) is 0.250. The van der Waals surface area contributed by atoms with Crippen molar-refractivity contribution in [1.29, 1.82) is 0 Å². The third-order valence-electron chi connectivity index (χ3n) is 4.42. The number of rotatable bonds is 6. The Morgan fingerprint density at radius 3 is 2.00 bits per heavy atom. The van der Waals surface area contributed by atoms with Crippen molar-refractivity contribution in [3.05, 3.63) is 41.2 Å². The standard InChI is InChI=1S/C20H21NO6/c1-10-12-8-13(21)15(23-2)9-14(12)27-19(10)18(22)11-6-16(24-3)20(26-5)17(7-11)25-4/h6-9H,21H2,1-5H3. The van der Waals surface area contributed by atoms with E-state index in [-0.39, 0.29) is 11.5 Å². The predicted molar refractivity (Wildman–Crippen MR) is 101 cm³/mol. The summed E-state index contributed by atoms with van der Waals surface area (Å²) in [5, 5.41) is 0.754. The molecule has 1 aromatic heterocycles. The molecule has 0 saturated heterocycles. The van der Waals surface area contributed by atoms with E-state index in [1.54, 1.807) is 24.3 Å². The first-order chi connectivity index (χ1) is 12.9. The van der Waals surface area contributed by atoms with Crippen molar-refractivity contribution in [2.45, 2.75) is 6.92 Å². The van der Waals surface area contributed by atoms with Crippen LogP contribution in [0.5, 0.6) is 23.0 Å². The first-order valence-electron chi connectivity index (χ1n) is 8.16. The van der Waals surface area contributed by atoms with E-state index < -0.39 is 0 Å². The van der Waals surface area contributed by atoms with Gasteiger partial charge in [-0.05, 0) is 25.1 Å². The van der Waals surface area contributed by atoms with Gasteiger partial charge >= 0.3 is 0 Å². The minimum absolute atomic E-state index is 0.215. The molecule has 142 valence electrons. The lowest BCUT2D eigenvalue weighted by Gasteiger charge is -2.13. The minimum atomic E-state index is -0.305. The van der Waals surface area contributed by atoms with Crippen molar-refractivity contribution in [1.82, 2.24) is 0 Å². The van der Waals surface area contributed by atoms with Crippen molar-refractivity contribution < 1.29 is 28.2 Å². The Labute approximate surface area is 156 Å². The Morgan fingerprint density at radius 2 is 1.48 bits per heavy atom. The normalized spacial score (nSPS) is 10.7.